The van der Waals surface area contributed by atoms with Crippen molar-refractivity contribution in [1.82, 2.24) is 4.90 Å². The molecule has 1 atom stereocenters. The van der Waals surface area contributed by atoms with Crippen molar-refractivity contribution < 1.29 is 14.6 Å². The van der Waals surface area contributed by atoms with E-state index < -0.39 is 6.10 Å². The Balaban J connectivity index is 2.39. The Morgan fingerprint density at radius 3 is 2.70 bits per heavy atom. The number of hydrogen-bond acceptors (Lipinski definition) is 5. The number of methoxy groups -OCH3 is 1. The highest BCUT2D eigenvalue weighted by molar-refractivity contribution is 5.43. The quantitative estimate of drug-likeness (QED) is 0.670. The molecule has 0 aliphatic rings. The molecule has 0 aromatic heterocycles. The standard InChI is InChI=1S/C15H26N2O3/c1-12(2)17(7-8-19-3)10-14(18)11-20-15-6-4-5-13(16)9-15/h4-6,9,12,14,18H,7-8,10-11,16H2,1-3H3. The number of aliphatic hydroxyl groups excluding tert-OH is 1. The van der Waals surface area contributed by atoms with Crippen LogP contribution < -0.4 is 10.5 Å². The van der Waals surface area contributed by atoms with Gasteiger partial charge in [-0.1, -0.05) is 6.07 Å². The Bertz CT molecular complexity index is 385. The molecule has 1 rings (SSSR count). The van der Waals surface area contributed by atoms with Crippen molar-refractivity contribution in [2.75, 3.05) is 39.1 Å². The summed E-state index contributed by atoms with van der Waals surface area (Å²) >= 11 is 0. The fraction of sp³-hybridized carbons (Fsp3) is 0.600. The van der Waals surface area contributed by atoms with Gasteiger partial charge in [0.2, 0.25) is 0 Å². The topological polar surface area (TPSA) is 68.0 Å². The maximum Gasteiger partial charge on any atom is 0.121 e. The van der Waals surface area contributed by atoms with E-state index in [9.17, 15) is 5.11 Å². The summed E-state index contributed by atoms with van der Waals surface area (Å²) in [6, 6.07) is 7.56. The smallest absolute Gasteiger partial charge is 0.121 e. The van der Waals surface area contributed by atoms with Crippen LogP contribution in [-0.4, -0.2) is 55.6 Å². The van der Waals surface area contributed by atoms with Crippen LogP contribution in [0.4, 0.5) is 5.69 Å². The van der Waals surface area contributed by atoms with Crippen molar-refractivity contribution in [3.63, 3.8) is 0 Å². The number of benzene rings is 1. The number of ether oxygens (including phenoxy) is 2. The first-order valence-corrected chi connectivity index (χ1v) is 6.92. The highest BCUT2D eigenvalue weighted by atomic mass is 16.5. The second kappa shape index (κ2) is 8.79. The van der Waals surface area contributed by atoms with Gasteiger partial charge in [-0.3, -0.25) is 4.90 Å². The summed E-state index contributed by atoms with van der Waals surface area (Å²) in [5.41, 5.74) is 6.33. The zero-order valence-electron chi connectivity index (χ0n) is 12.6. The van der Waals surface area contributed by atoms with Gasteiger partial charge < -0.3 is 20.3 Å². The van der Waals surface area contributed by atoms with Crippen LogP contribution in [0.25, 0.3) is 0 Å². The fourth-order valence-corrected chi connectivity index (χ4v) is 1.89. The van der Waals surface area contributed by atoms with E-state index in [0.717, 1.165) is 6.54 Å². The number of anilines is 1. The Labute approximate surface area is 121 Å². The van der Waals surface area contributed by atoms with E-state index >= 15 is 0 Å². The number of hydrogen-bond donors (Lipinski definition) is 2. The molecular weight excluding hydrogens is 256 g/mol. The van der Waals surface area contributed by atoms with Crippen LogP contribution in [0.1, 0.15) is 13.8 Å². The number of rotatable bonds is 9. The largest absolute Gasteiger partial charge is 0.491 e. The van der Waals surface area contributed by atoms with Crippen LogP contribution in [-0.2, 0) is 4.74 Å². The third-order valence-electron chi connectivity index (χ3n) is 3.06. The summed E-state index contributed by atoms with van der Waals surface area (Å²) in [6.07, 6.45) is -0.546. The molecule has 0 amide bonds. The maximum atomic E-state index is 10.1. The van der Waals surface area contributed by atoms with Crippen LogP contribution in [0.3, 0.4) is 0 Å². The van der Waals surface area contributed by atoms with Crippen molar-refractivity contribution in [1.29, 1.82) is 0 Å². The Morgan fingerprint density at radius 1 is 1.35 bits per heavy atom. The first-order valence-electron chi connectivity index (χ1n) is 6.92. The van der Waals surface area contributed by atoms with Gasteiger partial charge in [-0.05, 0) is 26.0 Å². The fourth-order valence-electron chi connectivity index (χ4n) is 1.89. The summed E-state index contributed by atoms with van der Waals surface area (Å²) in [7, 11) is 1.68. The van der Waals surface area contributed by atoms with Crippen LogP contribution in [0.15, 0.2) is 24.3 Å². The zero-order chi connectivity index (χ0) is 15.0. The summed E-state index contributed by atoms with van der Waals surface area (Å²) in [4.78, 5) is 2.16. The molecule has 0 fully saturated rings. The zero-order valence-corrected chi connectivity index (χ0v) is 12.6. The molecule has 5 heteroatoms. The van der Waals surface area contributed by atoms with Gasteiger partial charge in [0.25, 0.3) is 0 Å². The Morgan fingerprint density at radius 2 is 2.10 bits per heavy atom. The molecule has 1 aromatic rings. The molecule has 0 spiro atoms. The minimum atomic E-state index is -0.546. The number of nitrogens with zero attached hydrogens (tertiary/aromatic N) is 1. The second-order valence-corrected chi connectivity index (χ2v) is 5.12. The molecule has 0 heterocycles. The number of aliphatic hydroxyl groups is 1. The molecule has 1 aromatic carbocycles. The molecule has 0 aliphatic carbocycles. The lowest BCUT2D eigenvalue weighted by Gasteiger charge is -2.28. The van der Waals surface area contributed by atoms with Gasteiger partial charge in [0.05, 0.1) is 6.61 Å². The first kappa shape index (κ1) is 16.8. The van der Waals surface area contributed by atoms with Crippen LogP contribution >= 0.6 is 0 Å². The van der Waals surface area contributed by atoms with E-state index in [1.807, 2.05) is 12.1 Å². The van der Waals surface area contributed by atoms with E-state index in [2.05, 4.69) is 18.7 Å². The third-order valence-corrected chi connectivity index (χ3v) is 3.06. The lowest BCUT2D eigenvalue weighted by atomic mass is 10.2. The predicted molar refractivity (Wildman–Crippen MR) is 80.9 cm³/mol. The molecule has 1 unspecified atom stereocenters. The average molecular weight is 282 g/mol. The van der Waals surface area contributed by atoms with Crippen molar-refractivity contribution in [2.45, 2.75) is 26.0 Å². The van der Waals surface area contributed by atoms with Gasteiger partial charge in [-0.2, -0.15) is 0 Å². The molecule has 0 saturated carbocycles. The molecule has 114 valence electrons. The van der Waals surface area contributed by atoms with E-state index in [4.69, 9.17) is 15.2 Å². The number of nitrogen functional groups attached to an aromatic ring is 1. The molecule has 20 heavy (non-hydrogen) atoms. The molecule has 3 N–H and O–H groups in total. The molecule has 5 nitrogen and oxygen atoms in total. The van der Waals surface area contributed by atoms with E-state index in [-0.39, 0.29) is 6.61 Å². The van der Waals surface area contributed by atoms with E-state index in [1.165, 1.54) is 0 Å². The lowest BCUT2D eigenvalue weighted by Crippen LogP contribution is -2.41. The van der Waals surface area contributed by atoms with Gasteiger partial charge in [0.15, 0.2) is 0 Å². The molecular formula is C15H26N2O3. The van der Waals surface area contributed by atoms with Crippen LogP contribution in [0.2, 0.25) is 0 Å². The van der Waals surface area contributed by atoms with Crippen molar-refractivity contribution in [3.8, 4) is 5.75 Å². The van der Waals surface area contributed by atoms with E-state index in [0.29, 0.717) is 30.6 Å². The van der Waals surface area contributed by atoms with Gasteiger partial charge in [0, 0.05) is 38.0 Å². The SMILES string of the molecule is COCCN(CC(O)COc1cccc(N)c1)C(C)C. The molecule has 0 aliphatic heterocycles. The highest BCUT2D eigenvalue weighted by Crippen LogP contribution is 2.14. The van der Waals surface area contributed by atoms with Gasteiger partial charge >= 0.3 is 0 Å². The highest BCUT2D eigenvalue weighted by Gasteiger charge is 2.15. The summed E-state index contributed by atoms with van der Waals surface area (Å²) in [5.74, 6) is 0.678. The van der Waals surface area contributed by atoms with E-state index in [1.54, 1.807) is 19.2 Å². The Hall–Kier alpha value is -1.30. The van der Waals surface area contributed by atoms with Gasteiger partial charge in [0.1, 0.15) is 18.5 Å². The lowest BCUT2D eigenvalue weighted by molar-refractivity contribution is 0.0453. The summed E-state index contributed by atoms with van der Waals surface area (Å²) in [6.45, 7) is 6.45. The van der Waals surface area contributed by atoms with Crippen LogP contribution in [0, 0.1) is 0 Å². The summed E-state index contributed by atoms with van der Waals surface area (Å²) in [5, 5.41) is 10.1. The Kier molecular flexibility index (Phi) is 7.36. The summed E-state index contributed by atoms with van der Waals surface area (Å²) < 4.78 is 10.6. The molecule has 0 radical (unpaired) electrons. The molecule has 0 saturated heterocycles. The van der Waals surface area contributed by atoms with Gasteiger partial charge in [-0.25, -0.2) is 0 Å². The number of nitrogens with two attached hydrogens (primary N) is 1. The van der Waals surface area contributed by atoms with Gasteiger partial charge in [-0.15, -0.1) is 0 Å². The first-order chi connectivity index (χ1) is 9.52. The minimum absolute atomic E-state index is 0.250. The average Bonchev–Trinajstić information content (AvgIpc) is 2.41. The third kappa shape index (κ3) is 6.23. The van der Waals surface area contributed by atoms with Crippen molar-refractivity contribution in [2.24, 2.45) is 0 Å². The monoisotopic (exact) mass is 282 g/mol. The second-order valence-electron chi connectivity index (χ2n) is 5.12. The minimum Gasteiger partial charge on any atom is -0.491 e. The predicted octanol–water partition coefficient (Wildman–Crippen LogP) is 1.37. The van der Waals surface area contributed by atoms with Crippen molar-refractivity contribution in [3.05, 3.63) is 24.3 Å². The van der Waals surface area contributed by atoms with Crippen molar-refractivity contribution >= 4 is 5.69 Å². The van der Waals surface area contributed by atoms with Crippen LogP contribution in [0.5, 0.6) is 5.75 Å². The maximum absolute atomic E-state index is 10.1. The molecule has 0 bridgehead atoms. The normalized spacial score (nSPS) is 12.9.